The van der Waals surface area contributed by atoms with E-state index in [4.69, 9.17) is 32.3 Å². The number of ether oxygens (including phenoxy) is 3. The first-order valence-electron chi connectivity index (χ1n) is 39.5. The summed E-state index contributed by atoms with van der Waals surface area (Å²) in [7, 11) is -9.80. The zero-order valence-corrected chi connectivity index (χ0v) is 65.1. The summed E-state index contributed by atoms with van der Waals surface area (Å²) in [6, 6.07) is 0. The fraction of sp³-hybridized carbons (Fsp3) is 0.699. The topological polar surface area (TPSA) is 231 Å². The van der Waals surface area contributed by atoms with E-state index in [-0.39, 0.29) is 19.3 Å². The maximum absolute atomic E-state index is 12.9. The quantitative estimate of drug-likeness (QED) is 0.0146. The highest BCUT2D eigenvalue weighted by Crippen LogP contribution is 2.45. The van der Waals surface area contributed by atoms with E-state index >= 15 is 0 Å². The van der Waals surface area contributed by atoms with Gasteiger partial charge in [-0.15, -0.1) is 0 Å². The van der Waals surface area contributed by atoms with Crippen LogP contribution >= 0.6 is 15.6 Å². The molecule has 0 bridgehead atoms. The van der Waals surface area contributed by atoms with Crippen LogP contribution in [0, 0.1) is 0 Å². The van der Waals surface area contributed by atoms with Gasteiger partial charge in [-0.25, -0.2) is 9.13 Å². The summed E-state index contributed by atoms with van der Waals surface area (Å²) >= 11 is 0. The second-order valence-corrected chi connectivity index (χ2v) is 29.0. The molecule has 0 aromatic heterocycles. The number of unbranched alkanes of at least 4 members (excludes halogenated alkanes) is 29. The Morgan fingerprint density at radius 1 is 0.287 bits per heavy atom. The molecule has 0 radical (unpaired) electrons. The number of esters is 3. The van der Waals surface area contributed by atoms with Gasteiger partial charge in [-0.1, -0.05) is 296 Å². The minimum Gasteiger partial charge on any atom is -0.463 e. The first-order valence-corrected chi connectivity index (χ1v) is 42.5. The highest BCUT2D eigenvalue weighted by atomic mass is 31.2. The molecule has 4 N–H and O–H groups in total. The molecular formula is C83H142O16P2. The molecule has 0 rings (SSSR count). The minimum atomic E-state index is -4.94. The van der Waals surface area contributed by atoms with E-state index in [2.05, 4.69) is 154 Å². The van der Waals surface area contributed by atoms with Gasteiger partial charge in [0.2, 0.25) is 0 Å². The molecule has 0 fully saturated rings. The van der Waals surface area contributed by atoms with Gasteiger partial charge in [0.1, 0.15) is 25.4 Å². The molecule has 0 aromatic rings. The maximum atomic E-state index is 12.9. The molecule has 5 atom stereocenters. The van der Waals surface area contributed by atoms with Crippen LogP contribution in [0.1, 0.15) is 316 Å². The third-order valence-corrected chi connectivity index (χ3v) is 18.2. The normalized spacial score (nSPS) is 14.7. The molecule has 0 amide bonds. The smallest absolute Gasteiger partial charge is 0.463 e. The van der Waals surface area contributed by atoms with E-state index in [1.54, 1.807) is 0 Å². The van der Waals surface area contributed by atoms with E-state index in [1.165, 1.54) is 103 Å². The third kappa shape index (κ3) is 76.6. The van der Waals surface area contributed by atoms with Gasteiger partial charge in [-0.2, -0.15) is 0 Å². The molecule has 0 aliphatic carbocycles. The summed E-state index contributed by atoms with van der Waals surface area (Å²) in [6.07, 6.45) is 90.8. The van der Waals surface area contributed by atoms with Gasteiger partial charge in [0.25, 0.3) is 0 Å². The van der Waals surface area contributed by atoms with Gasteiger partial charge in [-0.05, 0) is 135 Å². The first kappa shape index (κ1) is 96.7. The number of phosphoric ester groups is 2. The molecule has 16 nitrogen and oxygen atoms in total. The summed E-state index contributed by atoms with van der Waals surface area (Å²) < 4.78 is 61.1. The van der Waals surface area contributed by atoms with Crippen molar-refractivity contribution in [3.8, 4) is 0 Å². The molecule has 580 valence electrons. The predicted molar refractivity (Wildman–Crippen MR) is 417 cm³/mol. The van der Waals surface area contributed by atoms with Crippen LogP contribution in [0.2, 0.25) is 0 Å². The highest BCUT2D eigenvalue weighted by Gasteiger charge is 2.29. The number of hydrogen-bond donors (Lipinski definition) is 4. The lowest BCUT2D eigenvalue weighted by Gasteiger charge is -2.21. The Morgan fingerprint density at radius 2 is 0.545 bits per heavy atom. The number of aliphatic hydroxyl groups excluding tert-OH is 2. The van der Waals surface area contributed by atoms with Crippen molar-refractivity contribution in [1.82, 2.24) is 0 Å². The van der Waals surface area contributed by atoms with Crippen LogP contribution in [0.15, 0.2) is 134 Å². The molecule has 0 aliphatic rings. The van der Waals surface area contributed by atoms with Gasteiger partial charge in [0.05, 0.1) is 26.4 Å². The highest BCUT2D eigenvalue weighted by molar-refractivity contribution is 7.47. The molecule has 0 spiro atoms. The zero-order valence-electron chi connectivity index (χ0n) is 63.3. The minimum absolute atomic E-state index is 0.0816. The molecule has 0 saturated heterocycles. The standard InChI is InChI=1S/C83H142O16P2/c1-4-7-10-13-16-19-22-25-27-29-31-33-34-35-36-37-38-39-40-41-42-44-46-47-49-52-54-57-60-63-66-69-81(86)93-72-78(84)73-95-100(89,90)96-74-79(85)75-97-101(91,92)98-77-80(99-83(88)71-68-65-62-59-56-51-24-21-18-15-12-9-6-3)76-94-82(87)70-67-64-61-58-55-53-50-48-45-43-32-30-28-26-23-20-17-14-11-8-5-2/h7,10,12,15-17,19-21,24-28,31-33,35-36,43,48,50,78-80,84-85H,4-6,8-9,11,13-14,18,22-23,29-30,34,37-42,44-47,49,51-77H2,1-3H3,(H,89,90)(H,91,92)/b10-7-,15-12-,19-16-,20-17-,24-21-,27-25-,28-26-,33-31-,36-35-,43-32-,50-48-. The monoisotopic (exact) mass is 1460 g/mol. The van der Waals surface area contributed by atoms with Crippen molar-refractivity contribution in [2.45, 2.75) is 334 Å². The van der Waals surface area contributed by atoms with E-state index in [0.29, 0.717) is 19.3 Å². The van der Waals surface area contributed by atoms with Crippen LogP contribution in [-0.4, -0.2) is 95.9 Å². The van der Waals surface area contributed by atoms with Gasteiger partial charge < -0.3 is 34.2 Å². The fourth-order valence-corrected chi connectivity index (χ4v) is 11.9. The van der Waals surface area contributed by atoms with E-state index in [1.807, 2.05) is 0 Å². The van der Waals surface area contributed by atoms with Gasteiger partial charge in [0.15, 0.2) is 6.10 Å². The lowest BCUT2D eigenvalue weighted by atomic mass is 10.0. The average Bonchev–Trinajstić information content (AvgIpc) is 0.936. The Balaban J connectivity index is 4.47. The Labute approximate surface area is 614 Å². The van der Waals surface area contributed by atoms with Crippen molar-refractivity contribution in [3.63, 3.8) is 0 Å². The molecule has 0 heterocycles. The molecule has 0 aliphatic heterocycles. The summed E-state index contributed by atoms with van der Waals surface area (Å²) in [4.78, 5) is 58.6. The SMILES string of the molecule is CC/C=C\C/C=C\C/C=C\C/C=C\C/C=C\CCCCCCCCCCCCCCCCCC(=O)OCC(O)COP(=O)(O)OCC(O)COP(=O)(O)OCC(COC(=O)CCCCCCC/C=C\C/C=C\C/C=C\C/C=C\CCCCC)OC(=O)CCCCCCC/C=C\C/C=C\CCC. The van der Waals surface area contributed by atoms with Crippen LogP contribution < -0.4 is 0 Å². The molecule has 0 aromatic carbocycles. The Kier molecular flexibility index (Phi) is 72.2. The first-order chi connectivity index (χ1) is 49.2. The number of carbonyl (C=O) groups is 3. The molecular weight excluding hydrogens is 1310 g/mol. The van der Waals surface area contributed by atoms with Crippen LogP contribution in [-0.2, 0) is 55.8 Å². The zero-order chi connectivity index (χ0) is 73.7. The van der Waals surface area contributed by atoms with Crippen molar-refractivity contribution in [2.24, 2.45) is 0 Å². The molecule has 18 heteroatoms. The van der Waals surface area contributed by atoms with Crippen LogP contribution in [0.25, 0.3) is 0 Å². The number of hydrogen-bond acceptors (Lipinski definition) is 14. The van der Waals surface area contributed by atoms with Gasteiger partial charge in [-0.3, -0.25) is 32.5 Å². The average molecular weight is 1460 g/mol. The third-order valence-electron chi connectivity index (χ3n) is 16.3. The predicted octanol–water partition coefficient (Wildman–Crippen LogP) is 23.1. The number of rotatable bonds is 74. The van der Waals surface area contributed by atoms with E-state index in [0.717, 1.165) is 154 Å². The van der Waals surface area contributed by atoms with Crippen molar-refractivity contribution in [2.75, 3.05) is 39.6 Å². The number of allylic oxidation sites excluding steroid dienone is 22. The lowest BCUT2D eigenvalue weighted by molar-refractivity contribution is -0.161. The Bertz CT molecular complexity index is 2370. The summed E-state index contributed by atoms with van der Waals surface area (Å²) in [6.45, 7) is 2.44. The molecule has 0 saturated carbocycles. The van der Waals surface area contributed by atoms with Gasteiger partial charge >= 0.3 is 33.6 Å². The number of aliphatic hydroxyl groups is 2. The molecule has 5 unspecified atom stereocenters. The van der Waals surface area contributed by atoms with E-state index in [9.17, 15) is 43.5 Å². The second kappa shape index (κ2) is 75.4. The summed E-state index contributed by atoms with van der Waals surface area (Å²) in [5.74, 6) is -1.61. The van der Waals surface area contributed by atoms with Crippen LogP contribution in [0.5, 0.6) is 0 Å². The molecule has 101 heavy (non-hydrogen) atoms. The number of phosphoric acid groups is 2. The lowest BCUT2D eigenvalue weighted by Crippen LogP contribution is -2.30. The maximum Gasteiger partial charge on any atom is 0.472 e. The Hall–Kier alpha value is -4.31. The van der Waals surface area contributed by atoms with Gasteiger partial charge in [0, 0.05) is 19.3 Å². The Morgan fingerprint density at radius 3 is 0.871 bits per heavy atom. The largest absolute Gasteiger partial charge is 0.472 e. The number of carbonyl (C=O) groups excluding carboxylic acids is 3. The van der Waals surface area contributed by atoms with Crippen molar-refractivity contribution >= 4 is 33.6 Å². The van der Waals surface area contributed by atoms with Crippen molar-refractivity contribution < 1.29 is 75.8 Å². The summed E-state index contributed by atoms with van der Waals surface area (Å²) in [5, 5.41) is 20.6. The van der Waals surface area contributed by atoms with Crippen LogP contribution in [0.4, 0.5) is 0 Å². The summed E-state index contributed by atoms with van der Waals surface area (Å²) in [5.41, 5.74) is 0. The fourth-order valence-electron chi connectivity index (χ4n) is 10.3. The van der Waals surface area contributed by atoms with Crippen molar-refractivity contribution in [3.05, 3.63) is 134 Å². The second-order valence-electron chi connectivity index (χ2n) is 26.1. The van der Waals surface area contributed by atoms with Crippen molar-refractivity contribution in [1.29, 1.82) is 0 Å². The van der Waals surface area contributed by atoms with E-state index < -0.39 is 91.5 Å². The van der Waals surface area contributed by atoms with Crippen LogP contribution in [0.3, 0.4) is 0 Å².